The fraction of sp³-hybridized carbons (Fsp3) is 0.545. The number of aromatic nitrogens is 1. The molecule has 0 aromatic carbocycles. The molecule has 1 aromatic rings. The van der Waals surface area contributed by atoms with Gasteiger partial charge in [0.05, 0.1) is 0 Å². The average Bonchev–Trinajstić information content (AvgIpc) is 2.29. The maximum Gasteiger partial charge on any atom is 0.131 e. The number of rotatable bonds is 2. The molecule has 1 atom stereocenters. The van der Waals surface area contributed by atoms with Crippen LogP contribution in [0.15, 0.2) is 18.3 Å². The number of hydrogen-bond donors (Lipinski definition) is 1. The molecule has 2 heterocycles. The van der Waals surface area contributed by atoms with Gasteiger partial charge in [-0.1, -0.05) is 11.6 Å². The maximum absolute atomic E-state index is 9.15. The number of nitrogens with zero attached hydrogens (tertiary/aromatic N) is 2. The first kappa shape index (κ1) is 10.7. The number of anilines is 1. The summed E-state index contributed by atoms with van der Waals surface area (Å²) in [4.78, 5) is 6.23. The van der Waals surface area contributed by atoms with Crippen LogP contribution in [0.2, 0.25) is 5.15 Å². The fourth-order valence-corrected chi connectivity index (χ4v) is 2.21. The molecule has 0 bridgehead atoms. The van der Waals surface area contributed by atoms with Crippen LogP contribution in [0.1, 0.15) is 12.8 Å². The number of pyridine rings is 1. The van der Waals surface area contributed by atoms with Gasteiger partial charge >= 0.3 is 0 Å². The van der Waals surface area contributed by atoms with Crippen molar-refractivity contribution in [3.63, 3.8) is 0 Å². The number of hydrogen-bond acceptors (Lipinski definition) is 3. The molecule has 0 aliphatic carbocycles. The summed E-state index contributed by atoms with van der Waals surface area (Å²) in [6.07, 6.45) is 3.97. The second-order valence-corrected chi connectivity index (χ2v) is 4.36. The van der Waals surface area contributed by atoms with Gasteiger partial charge < -0.3 is 10.0 Å². The Bertz CT molecular complexity index is 332. The van der Waals surface area contributed by atoms with E-state index in [1.54, 1.807) is 6.20 Å². The molecule has 0 saturated carbocycles. The Balaban J connectivity index is 2.09. The predicted molar refractivity (Wildman–Crippen MR) is 61.3 cm³/mol. The van der Waals surface area contributed by atoms with E-state index < -0.39 is 0 Å². The van der Waals surface area contributed by atoms with Crippen LogP contribution in [0.25, 0.3) is 0 Å². The highest BCUT2D eigenvalue weighted by Gasteiger charge is 2.19. The van der Waals surface area contributed by atoms with E-state index in [4.69, 9.17) is 16.7 Å². The predicted octanol–water partition coefficient (Wildman–Crippen LogP) is 1.94. The zero-order valence-electron chi connectivity index (χ0n) is 8.56. The van der Waals surface area contributed by atoms with Crippen molar-refractivity contribution >= 4 is 17.3 Å². The first-order chi connectivity index (χ1) is 7.29. The Kier molecular flexibility index (Phi) is 3.44. The van der Waals surface area contributed by atoms with Crippen LogP contribution in [0.4, 0.5) is 5.69 Å². The lowest BCUT2D eigenvalue weighted by molar-refractivity contribution is 0.209. The summed E-state index contributed by atoms with van der Waals surface area (Å²) in [7, 11) is 0. The Morgan fingerprint density at radius 3 is 3.20 bits per heavy atom. The fourth-order valence-electron chi connectivity index (χ4n) is 2.04. The van der Waals surface area contributed by atoms with E-state index in [2.05, 4.69) is 9.88 Å². The molecule has 1 N–H and O–H groups in total. The SMILES string of the molecule is OC[C@H]1CCCN(c2ccnc(Cl)c2)C1. The Morgan fingerprint density at radius 2 is 2.47 bits per heavy atom. The van der Waals surface area contributed by atoms with Gasteiger partial charge in [-0.05, 0) is 30.9 Å². The monoisotopic (exact) mass is 226 g/mol. The standard InChI is InChI=1S/C11H15ClN2O/c12-11-6-10(3-4-13-11)14-5-1-2-9(7-14)8-15/h3-4,6,9,15H,1-2,5,7-8H2/t9-/m0/s1. The zero-order valence-corrected chi connectivity index (χ0v) is 9.32. The van der Waals surface area contributed by atoms with Gasteiger partial charge in [-0.15, -0.1) is 0 Å². The largest absolute Gasteiger partial charge is 0.396 e. The summed E-state index contributed by atoms with van der Waals surface area (Å²) < 4.78 is 0. The number of aliphatic hydroxyl groups is 1. The molecule has 4 heteroatoms. The third-order valence-corrected chi connectivity index (χ3v) is 3.06. The highest BCUT2D eigenvalue weighted by atomic mass is 35.5. The van der Waals surface area contributed by atoms with Crippen molar-refractivity contribution < 1.29 is 5.11 Å². The van der Waals surface area contributed by atoms with Crippen molar-refractivity contribution in [1.82, 2.24) is 4.98 Å². The van der Waals surface area contributed by atoms with Crippen LogP contribution >= 0.6 is 11.6 Å². The third-order valence-electron chi connectivity index (χ3n) is 2.85. The number of halogens is 1. The topological polar surface area (TPSA) is 36.4 Å². The first-order valence-corrected chi connectivity index (χ1v) is 5.65. The smallest absolute Gasteiger partial charge is 0.131 e. The quantitative estimate of drug-likeness (QED) is 0.784. The van der Waals surface area contributed by atoms with Crippen molar-refractivity contribution in [3.05, 3.63) is 23.5 Å². The van der Waals surface area contributed by atoms with Gasteiger partial charge in [-0.2, -0.15) is 0 Å². The van der Waals surface area contributed by atoms with Crippen LogP contribution in [0, 0.1) is 5.92 Å². The van der Waals surface area contributed by atoms with Crippen molar-refractivity contribution in [2.75, 3.05) is 24.6 Å². The van der Waals surface area contributed by atoms with E-state index in [0.717, 1.165) is 31.6 Å². The number of aliphatic hydroxyl groups excluding tert-OH is 1. The molecule has 1 aliphatic rings. The van der Waals surface area contributed by atoms with Crippen molar-refractivity contribution in [3.8, 4) is 0 Å². The zero-order chi connectivity index (χ0) is 10.7. The van der Waals surface area contributed by atoms with Gasteiger partial charge in [0.15, 0.2) is 0 Å². The lowest BCUT2D eigenvalue weighted by atomic mass is 9.99. The molecule has 15 heavy (non-hydrogen) atoms. The molecule has 0 radical (unpaired) electrons. The highest BCUT2D eigenvalue weighted by Crippen LogP contribution is 2.23. The first-order valence-electron chi connectivity index (χ1n) is 5.27. The second kappa shape index (κ2) is 4.81. The molecule has 3 nitrogen and oxygen atoms in total. The van der Waals surface area contributed by atoms with E-state index in [-0.39, 0.29) is 6.61 Å². The molecule has 82 valence electrons. The molecule has 0 spiro atoms. The molecule has 0 unspecified atom stereocenters. The number of piperidine rings is 1. The molecule has 1 fully saturated rings. The van der Waals surface area contributed by atoms with Gasteiger partial charge in [0.1, 0.15) is 5.15 Å². The van der Waals surface area contributed by atoms with Crippen LogP contribution in [0.3, 0.4) is 0 Å². The molecule has 1 saturated heterocycles. The minimum Gasteiger partial charge on any atom is -0.396 e. The van der Waals surface area contributed by atoms with E-state index >= 15 is 0 Å². The van der Waals surface area contributed by atoms with Gasteiger partial charge in [0, 0.05) is 31.6 Å². The third kappa shape index (κ3) is 2.61. The van der Waals surface area contributed by atoms with E-state index in [9.17, 15) is 0 Å². The minimum absolute atomic E-state index is 0.273. The van der Waals surface area contributed by atoms with E-state index in [0.29, 0.717) is 11.1 Å². The molecule has 1 aromatic heterocycles. The van der Waals surface area contributed by atoms with Crippen LogP contribution in [0.5, 0.6) is 0 Å². The summed E-state index contributed by atoms with van der Waals surface area (Å²) >= 11 is 5.85. The Labute approximate surface area is 94.7 Å². The lowest BCUT2D eigenvalue weighted by Gasteiger charge is -2.33. The minimum atomic E-state index is 0.273. The molecule has 2 rings (SSSR count). The summed E-state index contributed by atoms with van der Waals surface area (Å²) in [5.74, 6) is 0.394. The lowest BCUT2D eigenvalue weighted by Crippen LogP contribution is -2.36. The molecular formula is C11H15ClN2O. The van der Waals surface area contributed by atoms with Gasteiger partial charge in [0.2, 0.25) is 0 Å². The van der Waals surface area contributed by atoms with Crippen molar-refractivity contribution in [1.29, 1.82) is 0 Å². The molecular weight excluding hydrogens is 212 g/mol. The average molecular weight is 227 g/mol. The van der Waals surface area contributed by atoms with E-state index in [1.165, 1.54) is 0 Å². The van der Waals surface area contributed by atoms with Crippen molar-refractivity contribution in [2.45, 2.75) is 12.8 Å². The van der Waals surface area contributed by atoms with Gasteiger partial charge in [-0.3, -0.25) is 0 Å². The van der Waals surface area contributed by atoms with Crippen LogP contribution < -0.4 is 4.90 Å². The summed E-state index contributed by atoms with van der Waals surface area (Å²) in [6.45, 7) is 2.23. The summed E-state index contributed by atoms with van der Waals surface area (Å²) in [5, 5.41) is 9.67. The maximum atomic E-state index is 9.15. The molecule has 1 aliphatic heterocycles. The molecule has 0 amide bonds. The highest BCUT2D eigenvalue weighted by molar-refractivity contribution is 6.29. The second-order valence-electron chi connectivity index (χ2n) is 3.97. The normalized spacial score (nSPS) is 21.7. The van der Waals surface area contributed by atoms with Gasteiger partial charge in [-0.25, -0.2) is 4.98 Å². The summed E-state index contributed by atoms with van der Waals surface area (Å²) in [6, 6.07) is 3.84. The van der Waals surface area contributed by atoms with Gasteiger partial charge in [0.25, 0.3) is 0 Å². The summed E-state index contributed by atoms with van der Waals surface area (Å²) in [5.41, 5.74) is 1.10. The Hall–Kier alpha value is -0.800. The Morgan fingerprint density at radius 1 is 1.60 bits per heavy atom. The van der Waals surface area contributed by atoms with Crippen LogP contribution in [-0.2, 0) is 0 Å². The van der Waals surface area contributed by atoms with Crippen LogP contribution in [-0.4, -0.2) is 29.8 Å². The van der Waals surface area contributed by atoms with Crippen molar-refractivity contribution in [2.24, 2.45) is 5.92 Å². The van der Waals surface area contributed by atoms with E-state index in [1.807, 2.05) is 12.1 Å².